The minimum atomic E-state index is 0.372. The van der Waals surface area contributed by atoms with Crippen LogP contribution in [0.4, 0.5) is 10.8 Å². The van der Waals surface area contributed by atoms with Gasteiger partial charge in [-0.1, -0.05) is 13.8 Å². The first-order chi connectivity index (χ1) is 7.63. The fourth-order valence-electron chi connectivity index (χ4n) is 1.77. The second-order valence-electron chi connectivity index (χ2n) is 4.64. The molecule has 1 fully saturated rings. The number of nitrogens with two attached hydrogens (primary N) is 1. The number of anilines is 2. The average molecular weight is 236 g/mol. The van der Waals surface area contributed by atoms with Gasteiger partial charge in [-0.05, 0) is 30.3 Å². The van der Waals surface area contributed by atoms with Gasteiger partial charge in [0.2, 0.25) is 0 Å². The molecule has 16 heavy (non-hydrogen) atoms. The lowest BCUT2D eigenvalue weighted by atomic mass is 10.2. The Morgan fingerprint density at radius 1 is 1.62 bits per heavy atom. The molecule has 0 aromatic carbocycles. The van der Waals surface area contributed by atoms with E-state index >= 15 is 0 Å². The van der Waals surface area contributed by atoms with Crippen LogP contribution in [0.2, 0.25) is 0 Å². The Hall–Kier alpha value is -1.28. The van der Waals surface area contributed by atoms with Crippen LogP contribution in [0.15, 0.2) is 0 Å². The third kappa shape index (κ3) is 2.12. The quantitative estimate of drug-likeness (QED) is 0.870. The van der Waals surface area contributed by atoms with Crippen LogP contribution in [-0.4, -0.2) is 17.0 Å². The van der Waals surface area contributed by atoms with Gasteiger partial charge in [-0.3, -0.25) is 0 Å². The summed E-state index contributed by atoms with van der Waals surface area (Å²) in [6.45, 7) is 5.35. The van der Waals surface area contributed by atoms with E-state index in [1.807, 2.05) is 0 Å². The SMILES string of the molecule is CC(C)CN(c1snc(N)c1C#N)C1CC1. The zero-order valence-electron chi connectivity index (χ0n) is 9.60. The fraction of sp³-hybridized carbons (Fsp3) is 0.636. The maximum Gasteiger partial charge on any atom is 0.157 e. The summed E-state index contributed by atoms with van der Waals surface area (Å²) in [6, 6.07) is 2.75. The largest absolute Gasteiger partial charge is 0.382 e. The summed E-state index contributed by atoms with van der Waals surface area (Å²) >= 11 is 1.35. The second kappa shape index (κ2) is 4.30. The third-order valence-corrected chi connectivity index (χ3v) is 3.52. The monoisotopic (exact) mass is 236 g/mol. The van der Waals surface area contributed by atoms with Crippen LogP contribution < -0.4 is 10.6 Å². The van der Waals surface area contributed by atoms with Crippen LogP contribution in [0.3, 0.4) is 0 Å². The van der Waals surface area contributed by atoms with Gasteiger partial charge in [0.25, 0.3) is 0 Å². The minimum Gasteiger partial charge on any atom is -0.382 e. The topological polar surface area (TPSA) is 65.9 Å². The van der Waals surface area contributed by atoms with E-state index in [1.165, 1.54) is 24.4 Å². The summed E-state index contributed by atoms with van der Waals surface area (Å²) in [5, 5.41) is 10.0. The summed E-state index contributed by atoms with van der Waals surface area (Å²) in [7, 11) is 0. The van der Waals surface area contributed by atoms with E-state index in [4.69, 9.17) is 11.0 Å². The van der Waals surface area contributed by atoms with Crippen LogP contribution in [-0.2, 0) is 0 Å². The third-order valence-electron chi connectivity index (χ3n) is 2.62. The molecule has 5 heteroatoms. The van der Waals surface area contributed by atoms with Crippen LogP contribution >= 0.6 is 11.5 Å². The van der Waals surface area contributed by atoms with Crippen LogP contribution in [0, 0.1) is 17.2 Å². The maximum atomic E-state index is 9.08. The molecule has 0 atom stereocenters. The Morgan fingerprint density at radius 2 is 2.31 bits per heavy atom. The molecule has 4 nitrogen and oxygen atoms in total. The molecule has 0 bridgehead atoms. The first kappa shape index (κ1) is 11.2. The predicted octanol–water partition coefficient (Wildman–Crippen LogP) is 2.22. The highest BCUT2D eigenvalue weighted by atomic mass is 32.1. The highest BCUT2D eigenvalue weighted by Gasteiger charge is 2.32. The van der Waals surface area contributed by atoms with Gasteiger partial charge >= 0.3 is 0 Å². The van der Waals surface area contributed by atoms with Crippen molar-refractivity contribution in [2.24, 2.45) is 5.92 Å². The molecule has 0 unspecified atom stereocenters. The van der Waals surface area contributed by atoms with Crippen molar-refractivity contribution in [1.29, 1.82) is 5.26 Å². The molecule has 1 aromatic heterocycles. The smallest absolute Gasteiger partial charge is 0.157 e. The highest BCUT2D eigenvalue weighted by Crippen LogP contribution is 2.38. The van der Waals surface area contributed by atoms with E-state index in [9.17, 15) is 0 Å². The number of nitrogens with zero attached hydrogens (tertiary/aromatic N) is 3. The fourth-order valence-corrected chi connectivity index (χ4v) is 2.62. The molecule has 0 amide bonds. The van der Waals surface area contributed by atoms with Gasteiger partial charge in [0.15, 0.2) is 5.82 Å². The van der Waals surface area contributed by atoms with Crippen molar-refractivity contribution in [3.63, 3.8) is 0 Å². The number of nitrogen functional groups attached to an aromatic ring is 1. The Kier molecular flexibility index (Phi) is 3.01. The van der Waals surface area contributed by atoms with Crippen molar-refractivity contribution in [3.05, 3.63) is 5.56 Å². The van der Waals surface area contributed by atoms with Crippen molar-refractivity contribution >= 4 is 22.4 Å². The van der Waals surface area contributed by atoms with Crippen molar-refractivity contribution in [1.82, 2.24) is 4.37 Å². The molecule has 0 spiro atoms. The number of hydrogen-bond acceptors (Lipinski definition) is 5. The van der Waals surface area contributed by atoms with E-state index in [0.717, 1.165) is 11.5 Å². The van der Waals surface area contributed by atoms with E-state index in [1.54, 1.807) is 0 Å². The van der Waals surface area contributed by atoms with Gasteiger partial charge in [0, 0.05) is 12.6 Å². The summed E-state index contributed by atoms with van der Waals surface area (Å²) in [5.41, 5.74) is 6.24. The van der Waals surface area contributed by atoms with E-state index < -0.39 is 0 Å². The van der Waals surface area contributed by atoms with E-state index in [-0.39, 0.29) is 0 Å². The molecule has 0 radical (unpaired) electrons. The van der Waals surface area contributed by atoms with Gasteiger partial charge in [-0.25, -0.2) is 0 Å². The lowest BCUT2D eigenvalue weighted by Gasteiger charge is -2.24. The number of rotatable bonds is 4. The van der Waals surface area contributed by atoms with Crippen LogP contribution in [0.1, 0.15) is 32.3 Å². The van der Waals surface area contributed by atoms with E-state index in [2.05, 4.69) is 29.2 Å². The second-order valence-corrected chi connectivity index (χ2v) is 5.39. The number of nitriles is 1. The molecular formula is C11H16N4S. The van der Waals surface area contributed by atoms with Gasteiger partial charge < -0.3 is 10.6 Å². The zero-order valence-corrected chi connectivity index (χ0v) is 10.4. The summed E-state index contributed by atoms with van der Waals surface area (Å²) < 4.78 is 4.08. The first-order valence-corrected chi connectivity index (χ1v) is 6.32. The van der Waals surface area contributed by atoms with Gasteiger partial charge in [-0.2, -0.15) is 9.64 Å². The Bertz CT molecular complexity index is 414. The van der Waals surface area contributed by atoms with Gasteiger partial charge in [0.05, 0.1) is 0 Å². The molecule has 1 saturated carbocycles. The number of aromatic nitrogens is 1. The molecule has 86 valence electrons. The van der Waals surface area contributed by atoms with Crippen molar-refractivity contribution < 1.29 is 0 Å². The standard InChI is InChI=1S/C11H16N4S/c1-7(2)6-15(8-3-4-8)11-9(5-12)10(13)14-16-11/h7-8H,3-4,6H2,1-2H3,(H2,13,14). The van der Waals surface area contributed by atoms with Crippen LogP contribution in [0.5, 0.6) is 0 Å². The van der Waals surface area contributed by atoms with Gasteiger partial charge in [0.1, 0.15) is 16.6 Å². The minimum absolute atomic E-state index is 0.372. The van der Waals surface area contributed by atoms with E-state index in [0.29, 0.717) is 23.3 Å². The maximum absolute atomic E-state index is 9.08. The lowest BCUT2D eigenvalue weighted by molar-refractivity contribution is 0.610. The predicted molar refractivity (Wildman–Crippen MR) is 66.4 cm³/mol. The van der Waals surface area contributed by atoms with Crippen molar-refractivity contribution in [2.75, 3.05) is 17.2 Å². The van der Waals surface area contributed by atoms with Crippen molar-refractivity contribution in [2.45, 2.75) is 32.7 Å². The average Bonchev–Trinajstić information content (AvgIpc) is 2.99. The molecular weight excluding hydrogens is 220 g/mol. The Balaban J connectivity index is 2.28. The molecule has 1 aliphatic rings. The summed E-state index contributed by atoms with van der Waals surface area (Å²) in [4.78, 5) is 2.30. The highest BCUT2D eigenvalue weighted by molar-refractivity contribution is 7.10. The molecule has 1 aliphatic carbocycles. The summed E-state index contributed by atoms with van der Waals surface area (Å²) in [6.07, 6.45) is 2.44. The molecule has 0 aliphatic heterocycles. The lowest BCUT2D eigenvalue weighted by Crippen LogP contribution is -2.29. The normalized spacial score (nSPS) is 15.1. The molecule has 0 saturated heterocycles. The van der Waals surface area contributed by atoms with Gasteiger partial charge in [-0.15, -0.1) is 0 Å². The summed E-state index contributed by atoms with van der Waals surface area (Å²) in [5.74, 6) is 0.951. The van der Waals surface area contributed by atoms with Crippen molar-refractivity contribution in [3.8, 4) is 6.07 Å². The molecule has 1 heterocycles. The zero-order chi connectivity index (χ0) is 11.7. The first-order valence-electron chi connectivity index (χ1n) is 5.55. The molecule has 2 N–H and O–H groups in total. The molecule has 1 aromatic rings. The van der Waals surface area contributed by atoms with Crippen LogP contribution in [0.25, 0.3) is 0 Å². The Labute approximate surface area is 99.8 Å². The molecule has 2 rings (SSSR count). The Morgan fingerprint density at radius 3 is 2.81 bits per heavy atom. The number of hydrogen-bond donors (Lipinski definition) is 1.